The maximum atomic E-state index is 13.2. The van der Waals surface area contributed by atoms with Crippen LogP contribution in [0.5, 0.6) is 5.75 Å². The number of nitrogens with zero attached hydrogens (tertiary/aromatic N) is 2. The quantitative estimate of drug-likeness (QED) is 0.465. The van der Waals surface area contributed by atoms with Gasteiger partial charge in [-0.05, 0) is 43.5 Å². The molecular weight excluding hydrogens is 448 g/mol. The number of ether oxygens (including phenoxy) is 2. The van der Waals surface area contributed by atoms with Crippen LogP contribution < -0.4 is 9.64 Å². The fraction of sp³-hybridized carbons (Fsp3) is 0.391. The molecule has 32 heavy (non-hydrogen) atoms. The van der Waals surface area contributed by atoms with Gasteiger partial charge in [0.2, 0.25) is 5.91 Å². The van der Waals surface area contributed by atoms with Crippen LogP contribution in [0.4, 0.5) is 5.13 Å². The molecule has 1 amide bonds. The molecule has 0 N–H and O–H groups in total. The maximum absolute atomic E-state index is 13.2. The van der Waals surface area contributed by atoms with E-state index in [0.29, 0.717) is 24.0 Å². The standard InChI is InChI=1S/C23H26N2O5S2/c1-29-17-11-12-21-20(15-17)24-23(31-21)25(16-18-7-5-13-30-18)22(26)10-6-14-32(27,28)19-8-3-2-4-9-19/h2-4,8-9,11-12,15,18H,5-7,10,13-14,16H2,1H3. The van der Waals surface area contributed by atoms with E-state index in [2.05, 4.69) is 4.98 Å². The van der Waals surface area contributed by atoms with Crippen LogP contribution in [0.1, 0.15) is 25.7 Å². The van der Waals surface area contributed by atoms with Crippen molar-refractivity contribution in [3.8, 4) is 5.75 Å². The molecule has 0 aliphatic carbocycles. The van der Waals surface area contributed by atoms with E-state index in [1.807, 2.05) is 18.2 Å². The van der Waals surface area contributed by atoms with Gasteiger partial charge in [-0.1, -0.05) is 29.5 Å². The normalized spacial score (nSPS) is 16.3. The van der Waals surface area contributed by atoms with Crippen molar-refractivity contribution in [3.63, 3.8) is 0 Å². The lowest BCUT2D eigenvalue weighted by Crippen LogP contribution is -2.37. The van der Waals surface area contributed by atoms with Gasteiger partial charge in [0.05, 0.1) is 40.6 Å². The number of anilines is 1. The van der Waals surface area contributed by atoms with Gasteiger partial charge in [-0.3, -0.25) is 9.69 Å². The van der Waals surface area contributed by atoms with E-state index < -0.39 is 9.84 Å². The first-order valence-corrected chi connectivity index (χ1v) is 13.1. The van der Waals surface area contributed by atoms with E-state index >= 15 is 0 Å². The number of amides is 1. The van der Waals surface area contributed by atoms with Crippen molar-refractivity contribution in [2.24, 2.45) is 0 Å². The highest BCUT2D eigenvalue weighted by Gasteiger charge is 2.26. The molecule has 1 aromatic heterocycles. The van der Waals surface area contributed by atoms with Gasteiger partial charge in [0, 0.05) is 19.1 Å². The molecule has 1 unspecified atom stereocenters. The van der Waals surface area contributed by atoms with Crippen LogP contribution in [0.25, 0.3) is 10.2 Å². The Labute approximate surface area is 191 Å². The molecule has 0 saturated carbocycles. The monoisotopic (exact) mass is 474 g/mol. The number of carbonyl (C=O) groups is 1. The molecule has 3 aromatic rings. The second-order valence-electron chi connectivity index (χ2n) is 7.70. The highest BCUT2D eigenvalue weighted by Crippen LogP contribution is 2.32. The van der Waals surface area contributed by atoms with Gasteiger partial charge >= 0.3 is 0 Å². The average Bonchev–Trinajstić information content (AvgIpc) is 3.46. The topological polar surface area (TPSA) is 85.8 Å². The number of thiazole rings is 1. The largest absolute Gasteiger partial charge is 0.497 e. The number of fused-ring (bicyclic) bond motifs is 1. The predicted molar refractivity (Wildman–Crippen MR) is 125 cm³/mol. The molecule has 1 fully saturated rings. The summed E-state index contributed by atoms with van der Waals surface area (Å²) in [7, 11) is -1.82. The summed E-state index contributed by atoms with van der Waals surface area (Å²) in [6.07, 6.45) is 2.20. The highest BCUT2D eigenvalue weighted by atomic mass is 32.2. The predicted octanol–water partition coefficient (Wildman–Crippen LogP) is 4.07. The summed E-state index contributed by atoms with van der Waals surface area (Å²) in [4.78, 5) is 19.8. The van der Waals surface area contributed by atoms with Gasteiger partial charge < -0.3 is 9.47 Å². The van der Waals surface area contributed by atoms with E-state index in [9.17, 15) is 13.2 Å². The summed E-state index contributed by atoms with van der Waals surface area (Å²) < 4.78 is 37.1. The molecule has 0 radical (unpaired) electrons. The van der Waals surface area contributed by atoms with Gasteiger partial charge in [0.1, 0.15) is 5.75 Å². The number of carbonyl (C=O) groups excluding carboxylic acids is 1. The van der Waals surface area contributed by atoms with Gasteiger partial charge in [0.25, 0.3) is 0 Å². The number of methoxy groups -OCH3 is 1. The second-order valence-corrected chi connectivity index (χ2v) is 10.8. The summed E-state index contributed by atoms with van der Waals surface area (Å²) in [6.45, 7) is 1.11. The van der Waals surface area contributed by atoms with Gasteiger partial charge in [-0.15, -0.1) is 0 Å². The number of sulfone groups is 1. The van der Waals surface area contributed by atoms with Crippen molar-refractivity contribution in [2.45, 2.75) is 36.7 Å². The Bertz CT molecular complexity index is 1170. The number of rotatable bonds is 9. The van der Waals surface area contributed by atoms with E-state index in [1.54, 1.807) is 42.3 Å². The minimum atomic E-state index is -3.42. The smallest absolute Gasteiger partial charge is 0.228 e. The lowest BCUT2D eigenvalue weighted by atomic mass is 10.2. The highest BCUT2D eigenvalue weighted by molar-refractivity contribution is 7.91. The zero-order valence-corrected chi connectivity index (χ0v) is 19.5. The van der Waals surface area contributed by atoms with Crippen LogP contribution in [-0.4, -0.2) is 51.4 Å². The molecule has 2 heterocycles. The van der Waals surface area contributed by atoms with Crippen LogP contribution in [0.3, 0.4) is 0 Å². The van der Waals surface area contributed by atoms with Gasteiger partial charge in [-0.2, -0.15) is 0 Å². The Balaban J connectivity index is 1.49. The van der Waals surface area contributed by atoms with Crippen LogP contribution in [0.2, 0.25) is 0 Å². The van der Waals surface area contributed by atoms with E-state index in [1.165, 1.54) is 11.3 Å². The molecular formula is C23H26N2O5S2. The van der Waals surface area contributed by atoms with Crippen molar-refractivity contribution in [3.05, 3.63) is 48.5 Å². The zero-order valence-electron chi connectivity index (χ0n) is 17.9. The fourth-order valence-corrected chi connectivity index (χ4v) is 6.01. The second kappa shape index (κ2) is 9.97. The van der Waals surface area contributed by atoms with E-state index in [-0.39, 0.29) is 35.5 Å². The van der Waals surface area contributed by atoms with E-state index in [4.69, 9.17) is 9.47 Å². The van der Waals surface area contributed by atoms with Crippen LogP contribution in [-0.2, 0) is 19.4 Å². The maximum Gasteiger partial charge on any atom is 0.228 e. The summed E-state index contributed by atoms with van der Waals surface area (Å²) in [5.74, 6) is 0.486. The zero-order chi connectivity index (χ0) is 22.6. The molecule has 170 valence electrons. The summed E-state index contributed by atoms with van der Waals surface area (Å²) in [5, 5.41) is 0.597. The molecule has 9 heteroatoms. The van der Waals surface area contributed by atoms with E-state index in [0.717, 1.165) is 23.1 Å². The Morgan fingerprint density at radius 1 is 1.25 bits per heavy atom. The number of benzene rings is 2. The Morgan fingerprint density at radius 2 is 2.06 bits per heavy atom. The van der Waals surface area contributed by atoms with Crippen LogP contribution in [0.15, 0.2) is 53.4 Å². The molecule has 1 aliphatic rings. The number of hydrogen-bond donors (Lipinski definition) is 0. The molecule has 4 rings (SSSR count). The first-order valence-electron chi connectivity index (χ1n) is 10.6. The van der Waals surface area contributed by atoms with Crippen molar-refractivity contribution in [1.29, 1.82) is 0 Å². The number of aromatic nitrogens is 1. The third-order valence-corrected chi connectivity index (χ3v) is 8.31. The minimum absolute atomic E-state index is 0.0338. The third kappa shape index (κ3) is 5.28. The Morgan fingerprint density at radius 3 is 2.78 bits per heavy atom. The fourth-order valence-electron chi connectivity index (χ4n) is 3.71. The van der Waals surface area contributed by atoms with Crippen molar-refractivity contribution >= 4 is 42.4 Å². The lowest BCUT2D eigenvalue weighted by Gasteiger charge is -2.23. The molecule has 7 nitrogen and oxygen atoms in total. The minimum Gasteiger partial charge on any atom is -0.497 e. The first-order chi connectivity index (χ1) is 15.5. The van der Waals surface area contributed by atoms with Crippen LogP contribution >= 0.6 is 11.3 Å². The van der Waals surface area contributed by atoms with Gasteiger partial charge in [0.15, 0.2) is 15.0 Å². The molecule has 2 aromatic carbocycles. The lowest BCUT2D eigenvalue weighted by molar-refractivity contribution is -0.119. The SMILES string of the molecule is COc1ccc2sc(N(CC3CCCO3)C(=O)CCCS(=O)(=O)c3ccccc3)nc2c1. The molecule has 1 saturated heterocycles. The summed E-state index contributed by atoms with van der Waals surface area (Å²) in [6, 6.07) is 14.0. The Hall–Kier alpha value is -2.49. The first kappa shape index (κ1) is 22.7. The molecule has 1 atom stereocenters. The van der Waals surface area contributed by atoms with Crippen molar-refractivity contribution in [2.75, 3.05) is 30.9 Å². The molecule has 1 aliphatic heterocycles. The van der Waals surface area contributed by atoms with Gasteiger partial charge in [-0.25, -0.2) is 13.4 Å². The summed E-state index contributed by atoms with van der Waals surface area (Å²) >= 11 is 1.44. The molecule has 0 bridgehead atoms. The third-order valence-electron chi connectivity index (χ3n) is 5.43. The van der Waals surface area contributed by atoms with Crippen molar-refractivity contribution < 1.29 is 22.7 Å². The molecule has 0 spiro atoms. The van der Waals surface area contributed by atoms with Crippen molar-refractivity contribution in [1.82, 2.24) is 4.98 Å². The van der Waals surface area contributed by atoms with Crippen LogP contribution in [0, 0.1) is 0 Å². The Kier molecular flexibility index (Phi) is 7.07. The number of hydrogen-bond acceptors (Lipinski definition) is 7. The average molecular weight is 475 g/mol. The summed E-state index contributed by atoms with van der Waals surface area (Å²) in [5.41, 5.74) is 0.765.